The average molecular weight is 235 g/mol. The van der Waals surface area contributed by atoms with E-state index in [0.717, 1.165) is 38.3 Å². The molecule has 94 valence electrons. The highest BCUT2D eigenvalue weighted by Gasteiger charge is 2.23. The number of piperazine rings is 1. The van der Waals surface area contributed by atoms with Crippen molar-refractivity contribution in [3.05, 3.63) is 30.1 Å². The van der Waals surface area contributed by atoms with Gasteiger partial charge in [0.15, 0.2) is 0 Å². The first-order valence-corrected chi connectivity index (χ1v) is 6.32. The second kappa shape index (κ2) is 6.10. The van der Waals surface area contributed by atoms with Gasteiger partial charge in [-0.2, -0.15) is 0 Å². The summed E-state index contributed by atoms with van der Waals surface area (Å²) in [5.74, 6) is 0. The maximum Gasteiger partial charge on any atom is 0.0628 e. The van der Waals surface area contributed by atoms with Gasteiger partial charge < -0.3 is 10.0 Å². The van der Waals surface area contributed by atoms with Gasteiger partial charge in [-0.1, -0.05) is 6.92 Å². The molecule has 0 aliphatic carbocycles. The first kappa shape index (κ1) is 12.5. The van der Waals surface area contributed by atoms with Crippen LogP contribution in [0.25, 0.3) is 0 Å². The minimum absolute atomic E-state index is 0.122. The van der Waals surface area contributed by atoms with Crippen molar-refractivity contribution in [2.75, 3.05) is 39.3 Å². The van der Waals surface area contributed by atoms with Crippen LogP contribution in [0.1, 0.15) is 18.5 Å². The highest BCUT2D eigenvalue weighted by Crippen LogP contribution is 2.20. The van der Waals surface area contributed by atoms with E-state index in [2.05, 4.69) is 21.7 Å². The Bertz CT molecular complexity index is 323. The first-order chi connectivity index (χ1) is 8.35. The van der Waals surface area contributed by atoms with E-state index in [9.17, 15) is 5.11 Å². The van der Waals surface area contributed by atoms with Gasteiger partial charge in [-0.05, 0) is 24.2 Å². The van der Waals surface area contributed by atoms with E-state index >= 15 is 0 Å². The zero-order valence-corrected chi connectivity index (χ0v) is 10.4. The molecular formula is C13H21N3O. The fraction of sp³-hybridized carbons (Fsp3) is 0.615. The molecule has 2 heterocycles. The molecule has 0 spiro atoms. The van der Waals surface area contributed by atoms with Crippen LogP contribution in [0.15, 0.2) is 24.5 Å². The number of aliphatic hydroxyl groups is 1. The van der Waals surface area contributed by atoms with Gasteiger partial charge in [0, 0.05) is 38.6 Å². The SMILES string of the molecule is CCN1CCN(C(CO)c2ccncc2)CC1. The fourth-order valence-corrected chi connectivity index (χ4v) is 2.41. The Morgan fingerprint density at radius 1 is 1.24 bits per heavy atom. The van der Waals surface area contributed by atoms with Crippen LogP contribution < -0.4 is 0 Å². The molecule has 1 unspecified atom stereocenters. The number of pyridine rings is 1. The molecule has 0 bridgehead atoms. The third kappa shape index (κ3) is 3.03. The Morgan fingerprint density at radius 3 is 2.41 bits per heavy atom. The topological polar surface area (TPSA) is 39.6 Å². The van der Waals surface area contributed by atoms with Gasteiger partial charge in [-0.15, -0.1) is 0 Å². The molecule has 1 aromatic rings. The molecule has 2 rings (SSSR count). The normalized spacial score (nSPS) is 20.4. The van der Waals surface area contributed by atoms with E-state index in [1.165, 1.54) is 0 Å². The molecule has 17 heavy (non-hydrogen) atoms. The van der Waals surface area contributed by atoms with E-state index in [1.54, 1.807) is 12.4 Å². The maximum absolute atomic E-state index is 9.58. The van der Waals surface area contributed by atoms with Crippen molar-refractivity contribution in [2.45, 2.75) is 13.0 Å². The van der Waals surface area contributed by atoms with Crippen molar-refractivity contribution in [1.82, 2.24) is 14.8 Å². The van der Waals surface area contributed by atoms with Crippen molar-refractivity contribution in [3.63, 3.8) is 0 Å². The van der Waals surface area contributed by atoms with Gasteiger partial charge in [0.25, 0.3) is 0 Å². The van der Waals surface area contributed by atoms with Gasteiger partial charge in [-0.25, -0.2) is 0 Å². The number of aliphatic hydroxyl groups excluding tert-OH is 1. The summed E-state index contributed by atoms with van der Waals surface area (Å²) in [7, 11) is 0. The lowest BCUT2D eigenvalue weighted by atomic mass is 10.1. The third-order valence-electron chi connectivity index (χ3n) is 3.56. The van der Waals surface area contributed by atoms with E-state index in [-0.39, 0.29) is 12.6 Å². The van der Waals surface area contributed by atoms with Crippen LogP contribution >= 0.6 is 0 Å². The van der Waals surface area contributed by atoms with Gasteiger partial charge in [-0.3, -0.25) is 9.88 Å². The zero-order valence-electron chi connectivity index (χ0n) is 10.4. The smallest absolute Gasteiger partial charge is 0.0628 e. The second-order valence-corrected chi connectivity index (χ2v) is 4.45. The lowest BCUT2D eigenvalue weighted by molar-refractivity contribution is 0.0672. The Labute approximate surface area is 103 Å². The molecule has 1 atom stereocenters. The molecule has 0 saturated carbocycles. The van der Waals surface area contributed by atoms with E-state index in [4.69, 9.17) is 0 Å². The molecular weight excluding hydrogens is 214 g/mol. The largest absolute Gasteiger partial charge is 0.394 e. The van der Waals surface area contributed by atoms with Gasteiger partial charge >= 0.3 is 0 Å². The summed E-state index contributed by atoms with van der Waals surface area (Å²) >= 11 is 0. The third-order valence-corrected chi connectivity index (χ3v) is 3.56. The Morgan fingerprint density at radius 2 is 1.88 bits per heavy atom. The van der Waals surface area contributed by atoms with Crippen LogP contribution in [0, 0.1) is 0 Å². The predicted octanol–water partition coefficient (Wildman–Crippen LogP) is 0.752. The number of rotatable bonds is 4. The molecule has 1 saturated heterocycles. The molecule has 1 N–H and O–H groups in total. The highest BCUT2D eigenvalue weighted by molar-refractivity contribution is 5.15. The minimum Gasteiger partial charge on any atom is -0.394 e. The molecule has 1 aliphatic rings. The monoisotopic (exact) mass is 235 g/mol. The van der Waals surface area contributed by atoms with Crippen molar-refractivity contribution in [3.8, 4) is 0 Å². The molecule has 1 fully saturated rings. The minimum atomic E-state index is 0.122. The predicted molar refractivity (Wildman–Crippen MR) is 67.8 cm³/mol. The van der Waals surface area contributed by atoms with E-state index in [0.29, 0.717) is 0 Å². The summed E-state index contributed by atoms with van der Waals surface area (Å²) in [6, 6.07) is 4.11. The summed E-state index contributed by atoms with van der Waals surface area (Å²) in [6.45, 7) is 7.74. The summed E-state index contributed by atoms with van der Waals surface area (Å²) in [5.41, 5.74) is 1.16. The maximum atomic E-state index is 9.58. The number of hydrogen-bond acceptors (Lipinski definition) is 4. The van der Waals surface area contributed by atoms with E-state index < -0.39 is 0 Å². The molecule has 0 aromatic carbocycles. The lowest BCUT2D eigenvalue weighted by Crippen LogP contribution is -2.48. The molecule has 1 aromatic heterocycles. The van der Waals surface area contributed by atoms with Crippen molar-refractivity contribution in [2.24, 2.45) is 0 Å². The average Bonchev–Trinajstić information content (AvgIpc) is 2.42. The molecule has 4 nitrogen and oxygen atoms in total. The van der Waals surface area contributed by atoms with E-state index in [1.807, 2.05) is 12.1 Å². The second-order valence-electron chi connectivity index (χ2n) is 4.45. The van der Waals surface area contributed by atoms with Crippen molar-refractivity contribution < 1.29 is 5.11 Å². The van der Waals surface area contributed by atoms with Crippen molar-refractivity contribution >= 4 is 0 Å². The van der Waals surface area contributed by atoms with Crippen LogP contribution in [0.3, 0.4) is 0 Å². The van der Waals surface area contributed by atoms with Gasteiger partial charge in [0.05, 0.1) is 12.6 Å². The van der Waals surface area contributed by atoms with Crippen LogP contribution in [-0.2, 0) is 0 Å². The van der Waals surface area contributed by atoms with Crippen LogP contribution in [0.2, 0.25) is 0 Å². The first-order valence-electron chi connectivity index (χ1n) is 6.32. The van der Waals surface area contributed by atoms with Crippen LogP contribution in [0.4, 0.5) is 0 Å². The number of likely N-dealkylation sites (N-methyl/N-ethyl adjacent to an activating group) is 1. The summed E-state index contributed by atoms with van der Waals surface area (Å²) < 4.78 is 0. The number of nitrogens with zero attached hydrogens (tertiary/aromatic N) is 3. The summed E-state index contributed by atoms with van der Waals surface area (Å²) in [6.07, 6.45) is 3.58. The summed E-state index contributed by atoms with van der Waals surface area (Å²) in [5, 5.41) is 9.58. The van der Waals surface area contributed by atoms with Gasteiger partial charge in [0.2, 0.25) is 0 Å². The van der Waals surface area contributed by atoms with Gasteiger partial charge in [0.1, 0.15) is 0 Å². The quantitative estimate of drug-likeness (QED) is 0.836. The fourth-order valence-electron chi connectivity index (χ4n) is 2.41. The Kier molecular flexibility index (Phi) is 4.48. The standard InChI is InChI=1S/C13H21N3O/c1-2-15-7-9-16(10-8-15)13(11-17)12-3-5-14-6-4-12/h3-6,13,17H,2,7-11H2,1H3. The van der Waals surface area contributed by atoms with Crippen molar-refractivity contribution in [1.29, 1.82) is 0 Å². The Balaban J connectivity index is 2.00. The number of hydrogen-bond donors (Lipinski definition) is 1. The van der Waals surface area contributed by atoms with Crippen LogP contribution in [-0.4, -0.2) is 59.2 Å². The molecule has 0 amide bonds. The number of aromatic nitrogens is 1. The molecule has 4 heteroatoms. The molecule has 1 aliphatic heterocycles. The summed E-state index contributed by atoms with van der Waals surface area (Å²) in [4.78, 5) is 8.83. The van der Waals surface area contributed by atoms with Crippen LogP contribution in [0.5, 0.6) is 0 Å². The highest BCUT2D eigenvalue weighted by atomic mass is 16.3. The lowest BCUT2D eigenvalue weighted by Gasteiger charge is -2.38. The Hall–Kier alpha value is -0.970. The molecule has 0 radical (unpaired) electrons. The zero-order chi connectivity index (χ0) is 12.1.